The lowest BCUT2D eigenvalue weighted by atomic mass is 10.0. The zero-order valence-corrected chi connectivity index (χ0v) is 13.3. The second kappa shape index (κ2) is 5.88. The fourth-order valence-corrected chi connectivity index (χ4v) is 3.39. The SMILES string of the molecule is O=C1Cc2cc(C(Cl)Cc3ccccc3Cl)c(Cl)cc2N1. The van der Waals surface area contributed by atoms with Crippen LogP contribution in [0.4, 0.5) is 5.69 Å². The molecule has 2 nitrogen and oxygen atoms in total. The van der Waals surface area contributed by atoms with Crippen LogP contribution in [0.3, 0.4) is 0 Å². The van der Waals surface area contributed by atoms with Gasteiger partial charge in [-0.3, -0.25) is 4.79 Å². The van der Waals surface area contributed by atoms with Crippen molar-refractivity contribution in [3.05, 3.63) is 63.1 Å². The smallest absolute Gasteiger partial charge is 0.228 e. The Bertz CT molecular complexity index is 715. The van der Waals surface area contributed by atoms with Gasteiger partial charge >= 0.3 is 0 Å². The first-order chi connectivity index (χ1) is 10.0. The molecule has 5 heteroatoms. The molecule has 0 aromatic heterocycles. The molecule has 2 aromatic carbocycles. The van der Waals surface area contributed by atoms with Crippen LogP contribution in [0.5, 0.6) is 0 Å². The third kappa shape index (κ3) is 3.03. The maximum atomic E-state index is 11.4. The molecule has 1 atom stereocenters. The summed E-state index contributed by atoms with van der Waals surface area (Å²) in [6.45, 7) is 0. The topological polar surface area (TPSA) is 29.1 Å². The van der Waals surface area contributed by atoms with Gasteiger partial charge < -0.3 is 5.32 Å². The molecule has 21 heavy (non-hydrogen) atoms. The Morgan fingerprint density at radius 3 is 2.67 bits per heavy atom. The fourth-order valence-electron chi connectivity index (χ4n) is 2.47. The van der Waals surface area contributed by atoms with E-state index in [1.807, 2.05) is 30.3 Å². The summed E-state index contributed by atoms with van der Waals surface area (Å²) < 4.78 is 0. The predicted molar refractivity (Wildman–Crippen MR) is 87.5 cm³/mol. The number of halogens is 3. The summed E-state index contributed by atoms with van der Waals surface area (Å²) in [6.07, 6.45) is 0.955. The second-order valence-electron chi connectivity index (χ2n) is 5.02. The van der Waals surface area contributed by atoms with Crippen LogP contribution in [0, 0.1) is 0 Å². The van der Waals surface area contributed by atoms with Gasteiger partial charge in [0.2, 0.25) is 5.91 Å². The Hall–Kier alpha value is -1.22. The molecular formula is C16H12Cl3NO. The van der Waals surface area contributed by atoms with Gasteiger partial charge in [-0.25, -0.2) is 0 Å². The zero-order chi connectivity index (χ0) is 15.0. The summed E-state index contributed by atoms with van der Waals surface area (Å²) >= 11 is 19.0. The Balaban J connectivity index is 1.89. The molecule has 0 radical (unpaired) electrons. The van der Waals surface area contributed by atoms with Gasteiger partial charge in [0.1, 0.15) is 0 Å². The molecule has 0 saturated heterocycles. The van der Waals surface area contributed by atoms with Crippen LogP contribution in [0.1, 0.15) is 22.1 Å². The van der Waals surface area contributed by atoms with Crippen LogP contribution >= 0.6 is 34.8 Å². The number of nitrogens with one attached hydrogen (secondary N) is 1. The van der Waals surface area contributed by atoms with Crippen LogP contribution in [0.25, 0.3) is 0 Å². The number of carbonyl (C=O) groups is 1. The summed E-state index contributed by atoms with van der Waals surface area (Å²) in [5.74, 6) is -0.0181. The van der Waals surface area contributed by atoms with Crippen molar-refractivity contribution in [2.45, 2.75) is 18.2 Å². The van der Waals surface area contributed by atoms with E-state index in [9.17, 15) is 4.79 Å². The number of alkyl halides is 1. The Labute approximate surface area is 138 Å². The minimum absolute atomic E-state index is 0.0181. The third-order valence-corrected chi connectivity index (χ3v) is 4.63. The monoisotopic (exact) mass is 339 g/mol. The average Bonchev–Trinajstić information content (AvgIpc) is 2.79. The van der Waals surface area contributed by atoms with Crippen molar-refractivity contribution in [1.29, 1.82) is 0 Å². The predicted octanol–water partition coefficient (Wildman–Crippen LogP) is 5.01. The first-order valence-electron chi connectivity index (χ1n) is 6.54. The molecule has 3 rings (SSSR count). The largest absolute Gasteiger partial charge is 0.325 e. The van der Waals surface area contributed by atoms with E-state index in [0.717, 1.165) is 22.4 Å². The van der Waals surface area contributed by atoms with Gasteiger partial charge in [0.25, 0.3) is 0 Å². The van der Waals surface area contributed by atoms with E-state index in [-0.39, 0.29) is 11.3 Å². The van der Waals surface area contributed by atoms with E-state index in [4.69, 9.17) is 34.8 Å². The number of fused-ring (bicyclic) bond motifs is 1. The normalized spacial score (nSPS) is 14.7. The van der Waals surface area contributed by atoms with Gasteiger partial charge in [0.05, 0.1) is 11.8 Å². The molecule has 0 bridgehead atoms. The number of hydrogen-bond donors (Lipinski definition) is 1. The molecule has 1 heterocycles. The highest BCUT2D eigenvalue weighted by molar-refractivity contribution is 6.33. The molecule has 0 saturated carbocycles. The molecule has 2 aromatic rings. The average molecular weight is 341 g/mol. The standard InChI is InChI=1S/C16H12Cl3NO/c17-12-4-2-1-3-9(12)6-13(18)11-5-10-7-16(21)20-15(10)8-14(11)19/h1-5,8,13H,6-7H2,(H,20,21). The molecule has 0 fully saturated rings. The second-order valence-corrected chi connectivity index (χ2v) is 6.36. The van der Waals surface area contributed by atoms with Crippen molar-refractivity contribution in [2.75, 3.05) is 5.32 Å². The van der Waals surface area contributed by atoms with E-state index < -0.39 is 0 Å². The number of anilines is 1. The number of carbonyl (C=O) groups excluding carboxylic acids is 1. The molecule has 108 valence electrons. The minimum atomic E-state index is -0.293. The number of amides is 1. The van der Waals surface area contributed by atoms with Gasteiger partial charge in [-0.15, -0.1) is 11.6 Å². The number of rotatable bonds is 3. The lowest BCUT2D eigenvalue weighted by molar-refractivity contribution is -0.115. The van der Waals surface area contributed by atoms with Gasteiger partial charge in [-0.1, -0.05) is 47.5 Å². The summed E-state index contributed by atoms with van der Waals surface area (Å²) in [7, 11) is 0. The van der Waals surface area contributed by atoms with Crippen LogP contribution in [-0.2, 0) is 17.6 Å². The number of hydrogen-bond acceptors (Lipinski definition) is 1. The molecule has 1 amide bonds. The van der Waals surface area contributed by atoms with Gasteiger partial charge in [-0.2, -0.15) is 0 Å². The van der Waals surface area contributed by atoms with Crippen molar-refractivity contribution in [3.63, 3.8) is 0 Å². The van der Waals surface area contributed by atoms with E-state index in [1.165, 1.54) is 0 Å². The van der Waals surface area contributed by atoms with Crippen LogP contribution in [0.15, 0.2) is 36.4 Å². The van der Waals surface area contributed by atoms with Crippen molar-refractivity contribution in [1.82, 2.24) is 0 Å². The van der Waals surface area contributed by atoms with Crippen LogP contribution < -0.4 is 5.32 Å². The molecule has 0 spiro atoms. The fraction of sp³-hybridized carbons (Fsp3) is 0.188. The Morgan fingerprint density at radius 1 is 1.14 bits per heavy atom. The minimum Gasteiger partial charge on any atom is -0.325 e. The van der Waals surface area contributed by atoms with E-state index in [0.29, 0.717) is 22.9 Å². The van der Waals surface area contributed by atoms with Crippen molar-refractivity contribution in [3.8, 4) is 0 Å². The lowest BCUT2D eigenvalue weighted by Gasteiger charge is -2.14. The molecule has 1 aliphatic rings. The molecule has 1 aliphatic heterocycles. The van der Waals surface area contributed by atoms with Crippen molar-refractivity contribution >= 4 is 46.4 Å². The molecular weight excluding hydrogens is 329 g/mol. The Kier molecular flexibility index (Phi) is 4.12. The third-order valence-electron chi connectivity index (χ3n) is 3.54. The summed E-state index contributed by atoms with van der Waals surface area (Å²) in [4.78, 5) is 11.4. The van der Waals surface area contributed by atoms with Crippen molar-refractivity contribution in [2.24, 2.45) is 0 Å². The maximum absolute atomic E-state index is 11.4. The lowest BCUT2D eigenvalue weighted by Crippen LogP contribution is -2.03. The summed E-state index contributed by atoms with van der Waals surface area (Å²) in [5, 5.41) is 3.73. The zero-order valence-electron chi connectivity index (χ0n) is 11.0. The van der Waals surface area contributed by atoms with Gasteiger partial charge in [0.15, 0.2) is 0 Å². The highest BCUT2D eigenvalue weighted by Gasteiger charge is 2.22. The highest BCUT2D eigenvalue weighted by atomic mass is 35.5. The molecule has 0 aliphatic carbocycles. The highest BCUT2D eigenvalue weighted by Crippen LogP contribution is 2.37. The van der Waals surface area contributed by atoms with E-state index >= 15 is 0 Å². The van der Waals surface area contributed by atoms with Crippen molar-refractivity contribution < 1.29 is 4.79 Å². The quantitative estimate of drug-likeness (QED) is 0.782. The molecule has 1 N–H and O–H groups in total. The summed E-state index contributed by atoms with van der Waals surface area (Å²) in [5.41, 5.74) is 3.51. The first-order valence-corrected chi connectivity index (χ1v) is 7.73. The maximum Gasteiger partial charge on any atom is 0.228 e. The molecule has 1 unspecified atom stereocenters. The van der Waals surface area contributed by atoms with Crippen LogP contribution in [0.2, 0.25) is 10.0 Å². The van der Waals surface area contributed by atoms with Gasteiger partial charge in [-0.05, 0) is 35.2 Å². The van der Waals surface area contributed by atoms with E-state index in [1.54, 1.807) is 6.07 Å². The van der Waals surface area contributed by atoms with Crippen LogP contribution in [-0.4, -0.2) is 5.91 Å². The van der Waals surface area contributed by atoms with E-state index in [2.05, 4.69) is 5.32 Å². The van der Waals surface area contributed by atoms with Gasteiger partial charge in [0, 0.05) is 15.7 Å². The Morgan fingerprint density at radius 2 is 1.90 bits per heavy atom. The first kappa shape index (κ1) is 14.7. The number of benzene rings is 2. The summed E-state index contributed by atoms with van der Waals surface area (Å²) in [6, 6.07) is 11.3.